The predicted molar refractivity (Wildman–Crippen MR) is 137 cm³/mol. The molecule has 0 saturated heterocycles. The van der Waals surface area contributed by atoms with E-state index < -0.39 is 5.41 Å². The van der Waals surface area contributed by atoms with Gasteiger partial charge in [0.15, 0.2) is 17.9 Å². The molecule has 3 unspecified atom stereocenters. The minimum Gasteiger partial charge on any atom is -0.469 e. The average Bonchev–Trinajstić information content (AvgIpc) is 2.80. The lowest BCUT2D eigenvalue weighted by Crippen LogP contribution is -2.65. The Morgan fingerprint density at radius 1 is 1.03 bits per heavy atom. The first kappa shape index (κ1) is 25.6. The number of carbonyl (C=O) groups is 4. The van der Waals surface area contributed by atoms with Crippen molar-refractivity contribution in [3.8, 4) is 0 Å². The highest BCUT2D eigenvalue weighted by molar-refractivity contribution is 6.12. The van der Waals surface area contributed by atoms with Crippen molar-refractivity contribution in [2.75, 3.05) is 7.11 Å². The number of ether oxygens (including phenoxy) is 1. The SMILES string of the molecule is COC(=O)[C@]12CCC(C)(C)CC1C1C(=O)C=C3C4C=C(C=O)C(=O)C[C@@]4(C)[C@H](C)C[C@@]3(C)[C@]1(C)CC2. The average molecular weight is 495 g/mol. The molecule has 8 atom stereocenters. The van der Waals surface area contributed by atoms with Gasteiger partial charge in [-0.25, -0.2) is 0 Å². The molecule has 0 bridgehead atoms. The summed E-state index contributed by atoms with van der Waals surface area (Å²) in [4.78, 5) is 52.1. The van der Waals surface area contributed by atoms with Crippen LogP contribution in [0.3, 0.4) is 0 Å². The Balaban J connectivity index is 1.69. The van der Waals surface area contributed by atoms with Gasteiger partial charge in [0.2, 0.25) is 0 Å². The van der Waals surface area contributed by atoms with Crippen molar-refractivity contribution in [2.24, 2.45) is 50.7 Å². The quantitative estimate of drug-likeness (QED) is 0.281. The molecule has 5 rings (SSSR count). The molecule has 0 radical (unpaired) electrons. The first-order valence-corrected chi connectivity index (χ1v) is 13.7. The molecule has 5 aliphatic rings. The molecule has 0 heterocycles. The van der Waals surface area contributed by atoms with E-state index in [1.165, 1.54) is 7.11 Å². The van der Waals surface area contributed by atoms with E-state index in [1.807, 2.05) is 12.2 Å². The number of ketones is 2. The molecule has 3 saturated carbocycles. The monoisotopic (exact) mass is 494 g/mol. The zero-order valence-electron chi connectivity index (χ0n) is 23.0. The van der Waals surface area contributed by atoms with Gasteiger partial charge in [0.25, 0.3) is 0 Å². The molecule has 0 aromatic carbocycles. The molecule has 196 valence electrons. The largest absolute Gasteiger partial charge is 0.469 e. The van der Waals surface area contributed by atoms with E-state index in [0.29, 0.717) is 12.7 Å². The summed E-state index contributed by atoms with van der Waals surface area (Å²) in [5.41, 5.74) is -0.0655. The molecule has 0 amide bonds. The number of hydrogen-bond donors (Lipinski definition) is 0. The maximum Gasteiger partial charge on any atom is 0.312 e. The number of methoxy groups -OCH3 is 1. The third-order valence-corrected chi connectivity index (χ3v) is 12.2. The van der Waals surface area contributed by atoms with Crippen LogP contribution in [0.1, 0.15) is 86.5 Å². The smallest absolute Gasteiger partial charge is 0.312 e. The van der Waals surface area contributed by atoms with Gasteiger partial charge < -0.3 is 4.74 Å². The maximum atomic E-state index is 14.2. The third kappa shape index (κ3) is 3.07. The fourth-order valence-electron chi connectivity index (χ4n) is 9.57. The van der Waals surface area contributed by atoms with E-state index in [4.69, 9.17) is 4.74 Å². The van der Waals surface area contributed by atoms with Crippen molar-refractivity contribution in [3.63, 3.8) is 0 Å². The van der Waals surface area contributed by atoms with E-state index in [-0.39, 0.29) is 68.4 Å². The molecule has 36 heavy (non-hydrogen) atoms. The zero-order chi connectivity index (χ0) is 26.5. The number of allylic oxidation sites excluding steroid dienone is 4. The number of aldehydes is 1. The predicted octanol–water partition coefficient (Wildman–Crippen LogP) is 5.66. The van der Waals surface area contributed by atoms with E-state index in [2.05, 4.69) is 41.5 Å². The lowest BCUT2D eigenvalue weighted by Gasteiger charge is -2.68. The van der Waals surface area contributed by atoms with Gasteiger partial charge in [0.05, 0.1) is 18.1 Å². The fourth-order valence-corrected chi connectivity index (χ4v) is 9.57. The van der Waals surface area contributed by atoms with E-state index in [9.17, 15) is 19.2 Å². The number of esters is 1. The summed E-state index contributed by atoms with van der Waals surface area (Å²) < 4.78 is 5.39. The third-order valence-electron chi connectivity index (χ3n) is 12.2. The van der Waals surface area contributed by atoms with Crippen LogP contribution < -0.4 is 0 Å². The molecule has 3 fully saturated rings. The second-order valence-corrected chi connectivity index (χ2v) is 14.3. The number of rotatable bonds is 2. The van der Waals surface area contributed by atoms with Crippen LogP contribution in [0.15, 0.2) is 23.3 Å². The molecule has 5 nitrogen and oxygen atoms in total. The lowest BCUT2D eigenvalue weighted by molar-refractivity contribution is -0.191. The van der Waals surface area contributed by atoms with Crippen LogP contribution in [0, 0.1) is 50.7 Å². The van der Waals surface area contributed by atoms with E-state index in [1.54, 1.807) is 0 Å². The Hall–Kier alpha value is -2.04. The van der Waals surface area contributed by atoms with Crippen molar-refractivity contribution in [1.82, 2.24) is 0 Å². The first-order chi connectivity index (χ1) is 16.7. The summed E-state index contributed by atoms with van der Waals surface area (Å²) in [6, 6.07) is 0. The zero-order valence-corrected chi connectivity index (χ0v) is 23.0. The van der Waals surface area contributed by atoms with Crippen LogP contribution in [0.25, 0.3) is 0 Å². The Morgan fingerprint density at radius 2 is 1.69 bits per heavy atom. The van der Waals surface area contributed by atoms with E-state index >= 15 is 0 Å². The van der Waals surface area contributed by atoms with Crippen LogP contribution in [-0.2, 0) is 23.9 Å². The van der Waals surface area contributed by atoms with Crippen LogP contribution in [0.4, 0.5) is 0 Å². The van der Waals surface area contributed by atoms with Crippen LogP contribution in [0.2, 0.25) is 0 Å². The summed E-state index contributed by atoms with van der Waals surface area (Å²) in [5, 5.41) is 0. The Kier molecular flexibility index (Phi) is 5.50. The molecule has 0 N–H and O–H groups in total. The highest BCUT2D eigenvalue weighted by Gasteiger charge is 2.70. The minimum atomic E-state index is -0.595. The van der Waals surface area contributed by atoms with Gasteiger partial charge in [-0.05, 0) is 78.1 Å². The van der Waals surface area contributed by atoms with Crippen molar-refractivity contribution >= 4 is 23.8 Å². The molecule has 5 aliphatic carbocycles. The summed E-state index contributed by atoms with van der Waals surface area (Å²) >= 11 is 0. The molecular formula is C31H42O5. The van der Waals surface area contributed by atoms with Gasteiger partial charge in [0.1, 0.15) is 0 Å². The molecule has 0 spiro atoms. The van der Waals surface area contributed by atoms with Gasteiger partial charge in [0, 0.05) is 18.3 Å². The Labute approximate surface area is 215 Å². The Morgan fingerprint density at radius 3 is 2.33 bits per heavy atom. The van der Waals surface area contributed by atoms with Crippen LogP contribution in [0.5, 0.6) is 0 Å². The summed E-state index contributed by atoms with van der Waals surface area (Å²) in [6.07, 6.45) is 9.77. The number of carbonyl (C=O) groups excluding carboxylic acids is 4. The number of fused-ring (bicyclic) bond motifs is 7. The van der Waals surface area contributed by atoms with E-state index in [0.717, 1.165) is 44.1 Å². The molecular weight excluding hydrogens is 452 g/mol. The van der Waals surface area contributed by atoms with Gasteiger partial charge in [-0.1, -0.05) is 53.2 Å². The van der Waals surface area contributed by atoms with Crippen LogP contribution >= 0.6 is 0 Å². The highest BCUT2D eigenvalue weighted by Crippen LogP contribution is 2.73. The first-order valence-electron chi connectivity index (χ1n) is 13.7. The highest BCUT2D eigenvalue weighted by atomic mass is 16.5. The minimum absolute atomic E-state index is 0.0489. The van der Waals surface area contributed by atoms with Gasteiger partial charge in [-0.2, -0.15) is 0 Å². The molecule has 5 heteroatoms. The molecule has 0 aromatic heterocycles. The van der Waals surface area contributed by atoms with Crippen molar-refractivity contribution in [3.05, 3.63) is 23.3 Å². The summed E-state index contributed by atoms with van der Waals surface area (Å²) in [7, 11) is 1.48. The maximum absolute atomic E-state index is 14.2. The topological polar surface area (TPSA) is 77.5 Å². The Bertz CT molecular complexity index is 1110. The summed E-state index contributed by atoms with van der Waals surface area (Å²) in [5.74, 6) is -0.264. The van der Waals surface area contributed by atoms with Crippen molar-refractivity contribution < 1.29 is 23.9 Å². The van der Waals surface area contributed by atoms with Gasteiger partial charge in [-0.3, -0.25) is 19.2 Å². The lowest BCUT2D eigenvalue weighted by atomic mass is 9.34. The standard InChI is InChI=1S/C31H42O5/c1-18-14-30(6)21(20-12-19(17-32)24(34)16-28(18,20)4)13-23(33)25-22-15-27(2,3)8-10-31(22,26(35)36-7)11-9-29(25,30)5/h12-13,17-18,20,22,25H,8-11,14-16H2,1-7H3/t18-,20?,22?,25?,28+,29-,30-,31+/m1/s1. The van der Waals surface area contributed by atoms with Crippen molar-refractivity contribution in [2.45, 2.75) is 86.5 Å². The molecule has 0 aromatic rings. The second kappa shape index (κ2) is 7.74. The normalized spacial score (nSPS) is 47.3. The fraction of sp³-hybridized carbons (Fsp3) is 0.742. The van der Waals surface area contributed by atoms with Crippen LogP contribution in [-0.4, -0.2) is 30.9 Å². The van der Waals surface area contributed by atoms with Gasteiger partial charge >= 0.3 is 5.97 Å². The van der Waals surface area contributed by atoms with Gasteiger partial charge in [-0.15, -0.1) is 0 Å². The molecule has 0 aliphatic heterocycles. The number of hydrogen-bond acceptors (Lipinski definition) is 5. The summed E-state index contributed by atoms with van der Waals surface area (Å²) in [6.45, 7) is 13.5. The second-order valence-electron chi connectivity index (χ2n) is 14.3. The van der Waals surface area contributed by atoms with Crippen molar-refractivity contribution in [1.29, 1.82) is 0 Å². The number of Topliss-reactive ketones (excluding diaryl/α,β-unsaturated/α-hetero) is 1.